The van der Waals surface area contributed by atoms with Gasteiger partial charge in [-0.05, 0) is 76.1 Å². The zero-order valence-corrected chi connectivity index (χ0v) is 18.5. The Bertz CT molecular complexity index is 855. The molecular formula is C17H15BrClF2IN2O3. The molecule has 10 heteroatoms. The van der Waals surface area contributed by atoms with Gasteiger partial charge in [0.1, 0.15) is 0 Å². The average molecular weight is 576 g/mol. The lowest BCUT2D eigenvalue weighted by Gasteiger charge is -2.16. The highest BCUT2D eigenvalue weighted by molar-refractivity contribution is 14.1. The first-order valence-corrected chi connectivity index (χ1v) is 9.95. The highest BCUT2D eigenvalue weighted by Crippen LogP contribution is 2.34. The first-order valence-electron chi connectivity index (χ1n) is 7.70. The van der Waals surface area contributed by atoms with Crippen LogP contribution in [0.15, 0.2) is 28.7 Å². The van der Waals surface area contributed by atoms with Crippen LogP contribution in [0.5, 0.6) is 0 Å². The molecule has 0 aliphatic heterocycles. The molecule has 1 amide bonds. The van der Waals surface area contributed by atoms with Crippen molar-refractivity contribution in [3.05, 3.63) is 54.5 Å². The van der Waals surface area contributed by atoms with Crippen molar-refractivity contribution in [1.29, 1.82) is 0 Å². The SMILES string of the molecule is CC(O)CCONC(=O)c1cc(Br)c(F)c(F)c1Nc1ccc(I)cc1Cl. The molecule has 0 radical (unpaired) electrons. The molecule has 0 aromatic heterocycles. The third-order valence-corrected chi connectivity index (χ3v) is 4.96. The van der Waals surface area contributed by atoms with E-state index in [0.717, 1.165) is 9.64 Å². The van der Waals surface area contributed by atoms with Crippen molar-refractivity contribution in [2.24, 2.45) is 0 Å². The zero-order chi connectivity index (χ0) is 20.1. The van der Waals surface area contributed by atoms with Crippen molar-refractivity contribution in [1.82, 2.24) is 5.48 Å². The van der Waals surface area contributed by atoms with Crippen LogP contribution in [0.4, 0.5) is 20.2 Å². The molecule has 0 bridgehead atoms. The van der Waals surface area contributed by atoms with E-state index in [1.54, 1.807) is 25.1 Å². The second-order valence-electron chi connectivity index (χ2n) is 5.58. The summed E-state index contributed by atoms with van der Waals surface area (Å²) in [6.45, 7) is 1.63. The molecular weight excluding hydrogens is 560 g/mol. The van der Waals surface area contributed by atoms with Gasteiger partial charge >= 0.3 is 0 Å². The minimum absolute atomic E-state index is 0.0555. The van der Waals surface area contributed by atoms with Gasteiger partial charge in [-0.1, -0.05) is 11.6 Å². The summed E-state index contributed by atoms with van der Waals surface area (Å²) in [6, 6.07) is 6.08. The Labute approximate surface area is 181 Å². The molecule has 0 spiro atoms. The van der Waals surface area contributed by atoms with Gasteiger partial charge in [0.25, 0.3) is 5.91 Å². The number of halogens is 5. The Morgan fingerprint density at radius 2 is 2.07 bits per heavy atom. The number of aliphatic hydroxyl groups is 1. The number of carbonyl (C=O) groups is 1. The minimum atomic E-state index is -1.24. The van der Waals surface area contributed by atoms with E-state index in [0.29, 0.717) is 12.1 Å². The first-order chi connectivity index (χ1) is 12.7. The monoisotopic (exact) mass is 574 g/mol. The standard InChI is InChI=1S/C17H15BrClF2IN2O3/c1-8(25)4-5-27-24-17(26)10-7-11(18)14(20)15(21)16(10)23-13-3-2-9(22)6-12(13)19/h2-3,6-8,23,25H,4-5H2,1H3,(H,24,26). The fraction of sp³-hybridized carbons (Fsp3) is 0.235. The molecule has 1 unspecified atom stereocenters. The van der Waals surface area contributed by atoms with E-state index in [2.05, 4.69) is 49.3 Å². The minimum Gasteiger partial charge on any atom is -0.393 e. The molecule has 27 heavy (non-hydrogen) atoms. The van der Waals surface area contributed by atoms with Gasteiger partial charge in [0.2, 0.25) is 0 Å². The summed E-state index contributed by atoms with van der Waals surface area (Å²) in [6.07, 6.45) is -0.301. The van der Waals surface area contributed by atoms with Crippen LogP contribution >= 0.6 is 50.1 Å². The molecule has 0 aliphatic carbocycles. The fourth-order valence-corrected chi connectivity index (χ4v) is 3.33. The molecule has 146 valence electrons. The lowest BCUT2D eigenvalue weighted by atomic mass is 10.1. The van der Waals surface area contributed by atoms with Crippen LogP contribution in [-0.4, -0.2) is 23.7 Å². The Hall–Kier alpha value is -1.01. The summed E-state index contributed by atoms with van der Waals surface area (Å²) in [5, 5.41) is 12.1. The van der Waals surface area contributed by atoms with Crippen LogP contribution < -0.4 is 10.8 Å². The van der Waals surface area contributed by atoms with Crippen LogP contribution in [0, 0.1) is 15.2 Å². The smallest absolute Gasteiger partial charge is 0.277 e. The number of rotatable bonds is 7. The maximum atomic E-state index is 14.5. The van der Waals surface area contributed by atoms with Gasteiger partial charge in [-0.3, -0.25) is 9.63 Å². The normalized spacial score (nSPS) is 12.0. The number of benzene rings is 2. The number of anilines is 2. The maximum absolute atomic E-state index is 14.5. The molecule has 0 aliphatic rings. The van der Waals surface area contributed by atoms with Crippen molar-refractivity contribution in [3.8, 4) is 0 Å². The lowest BCUT2D eigenvalue weighted by molar-refractivity contribution is 0.0187. The highest BCUT2D eigenvalue weighted by Gasteiger charge is 2.23. The van der Waals surface area contributed by atoms with Crippen LogP contribution in [0.1, 0.15) is 23.7 Å². The van der Waals surface area contributed by atoms with Gasteiger partial charge in [-0.25, -0.2) is 14.3 Å². The molecule has 0 fully saturated rings. The molecule has 0 saturated heterocycles. The summed E-state index contributed by atoms with van der Waals surface area (Å²) in [4.78, 5) is 17.3. The van der Waals surface area contributed by atoms with Gasteiger partial charge in [0.05, 0.1) is 39.1 Å². The number of amides is 1. The third kappa shape index (κ3) is 5.98. The first kappa shape index (κ1) is 22.3. The molecule has 2 aromatic rings. The molecule has 3 N–H and O–H groups in total. The number of hydrogen-bond donors (Lipinski definition) is 3. The van der Waals surface area contributed by atoms with Crippen LogP contribution in [0.3, 0.4) is 0 Å². The second kappa shape index (κ2) is 9.97. The van der Waals surface area contributed by atoms with Crippen LogP contribution in [-0.2, 0) is 4.84 Å². The van der Waals surface area contributed by atoms with Crippen molar-refractivity contribution in [3.63, 3.8) is 0 Å². The lowest BCUT2D eigenvalue weighted by Crippen LogP contribution is -2.26. The predicted octanol–water partition coefficient (Wildman–Crippen LogP) is 5.16. The number of hydrogen-bond acceptors (Lipinski definition) is 4. The van der Waals surface area contributed by atoms with Gasteiger partial charge in [-0.15, -0.1) is 0 Å². The number of carbonyl (C=O) groups excluding carboxylic acids is 1. The summed E-state index contributed by atoms with van der Waals surface area (Å²) >= 11 is 11.1. The molecule has 1 atom stereocenters. The Kier molecular flexibility index (Phi) is 8.22. The zero-order valence-electron chi connectivity index (χ0n) is 14.0. The summed E-state index contributed by atoms with van der Waals surface area (Å²) in [5.74, 6) is -3.18. The number of hydroxylamine groups is 1. The Balaban J connectivity index is 2.32. The molecule has 0 saturated carbocycles. The largest absolute Gasteiger partial charge is 0.393 e. The summed E-state index contributed by atoms with van der Waals surface area (Å²) in [7, 11) is 0. The Morgan fingerprint density at radius 3 is 2.70 bits per heavy atom. The third-order valence-electron chi connectivity index (χ3n) is 3.40. The van der Waals surface area contributed by atoms with E-state index in [1.165, 1.54) is 0 Å². The maximum Gasteiger partial charge on any atom is 0.277 e. The van der Waals surface area contributed by atoms with Crippen molar-refractivity contribution >= 4 is 67.4 Å². The van der Waals surface area contributed by atoms with E-state index < -0.39 is 23.6 Å². The van der Waals surface area contributed by atoms with Crippen molar-refractivity contribution < 1.29 is 23.5 Å². The van der Waals surface area contributed by atoms with Crippen molar-refractivity contribution in [2.75, 3.05) is 11.9 Å². The number of nitrogens with one attached hydrogen (secondary N) is 2. The van der Waals surface area contributed by atoms with E-state index in [-0.39, 0.29) is 27.4 Å². The van der Waals surface area contributed by atoms with Crippen molar-refractivity contribution in [2.45, 2.75) is 19.4 Å². The summed E-state index contributed by atoms with van der Waals surface area (Å²) in [5.41, 5.74) is 1.88. The van der Waals surface area contributed by atoms with E-state index in [4.69, 9.17) is 16.4 Å². The quantitative estimate of drug-likeness (QED) is 0.185. The molecule has 2 rings (SSSR count). The summed E-state index contributed by atoms with van der Waals surface area (Å²) < 4.78 is 29.2. The molecule has 5 nitrogen and oxygen atoms in total. The van der Waals surface area contributed by atoms with E-state index >= 15 is 0 Å². The highest BCUT2D eigenvalue weighted by atomic mass is 127. The molecule has 0 heterocycles. The average Bonchev–Trinajstić information content (AvgIpc) is 2.60. The van der Waals surface area contributed by atoms with E-state index in [9.17, 15) is 18.7 Å². The van der Waals surface area contributed by atoms with Crippen LogP contribution in [0.25, 0.3) is 0 Å². The topological polar surface area (TPSA) is 70.6 Å². The Morgan fingerprint density at radius 1 is 1.37 bits per heavy atom. The predicted molar refractivity (Wildman–Crippen MR) is 111 cm³/mol. The van der Waals surface area contributed by atoms with E-state index in [1.807, 2.05) is 0 Å². The van der Waals surface area contributed by atoms with Gasteiger partial charge < -0.3 is 10.4 Å². The van der Waals surface area contributed by atoms with Gasteiger partial charge in [0.15, 0.2) is 11.6 Å². The van der Waals surface area contributed by atoms with Gasteiger partial charge in [-0.2, -0.15) is 0 Å². The van der Waals surface area contributed by atoms with Gasteiger partial charge in [0, 0.05) is 3.57 Å². The number of aliphatic hydroxyl groups excluding tert-OH is 1. The fourth-order valence-electron chi connectivity index (χ4n) is 2.02. The molecule has 2 aromatic carbocycles. The van der Waals surface area contributed by atoms with Crippen LogP contribution in [0.2, 0.25) is 5.02 Å². The second-order valence-corrected chi connectivity index (χ2v) is 8.08.